The number of aromatic nitrogens is 1. The van der Waals surface area contributed by atoms with Gasteiger partial charge in [0.15, 0.2) is 11.7 Å². The summed E-state index contributed by atoms with van der Waals surface area (Å²) in [6.45, 7) is 2.64. The number of anilines is 1. The van der Waals surface area contributed by atoms with Crippen molar-refractivity contribution in [3.8, 4) is 17.1 Å². The van der Waals surface area contributed by atoms with Crippen LogP contribution in [0.3, 0.4) is 0 Å². The topological polar surface area (TPSA) is 64.4 Å². The minimum Gasteiger partial charge on any atom is -0.491 e. The third kappa shape index (κ3) is 5.11. The van der Waals surface area contributed by atoms with Gasteiger partial charge in [-0.3, -0.25) is 4.79 Å². The molecule has 3 rings (SSSR count). The fourth-order valence-electron chi connectivity index (χ4n) is 2.55. The number of halogens is 1. The zero-order valence-corrected chi connectivity index (χ0v) is 15.8. The summed E-state index contributed by atoms with van der Waals surface area (Å²) in [6, 6.07) is 14.8. The summed E-state index contributed by atoms with van der Waals surface area (Å²) in [6.07, 6.45) is 3.18. The molecule has 27 heavy (non-hydrogen) atoms. The van der Waals surface area contributed by atoms with Gasteiger partial charge in [0.05, 0.1) is 23.5 Å². The Hall–Kier alpha value is -2.79. The van der Waals surface area contributed by atoms with Crippen molar-refractivity contribution in [3.63, 3.8) is 0 Å². The number of carbonyl (C=O) groups excluding carboxylic acids is 1. The fourth-order valence-corrected chi connectivity index (χ4v) is 2.78. The molecule has 0 aliphatic heterocycles. The van der Waals surface area contributed by atoms with Gasteiger partial charge in [0.1, 0.15) is 5.75 Å². The molecule has 6 heteroatoms. The van der Waals surface area contributed by atoms with Crippen LogP contribution in [0, 0.1) is 0 Å². The number of hydrogen-bond acceptors (Lipinski definition) is 4. The van der Waals surface area contributed by atoms with Crippen LogP contribution in [0.2, 0.25) is 5.02 Å². The second-order valence-corrected chi connectivity index (χ2v) is 6.40. The van der Waals surface area contributed by atoms with Crippen LogP contribution < -0.4 is 10.1 Å². The smallest absolute Gasteiger partial charge is 0.224 e. The number of oxazole rings is 1. The Labute approximate surface area is 163 Å². The predicted octanol–water partition coefficient (Wildman–Crippen LogP) is 5.36. The molecule has 0 aliphatic carbocycles. The lowest BCUT2D eigenvalue weighted by Gasteiger charge is -2.11. The number of aryl methyl sites for hydroxylation is 1. The van der Waals surface area contributed by atoms with Gasteiger partial charge in [0.25, 0.3) is 0 Å². The number of amides is 1. The number of nitrogens with zero attached hydrogens (tertiary/aromatic N) is 1. The van der Waals surface area contributed by atoms with E-state index in [1.807, 2.05) is 49.4 Å². The van der Waals surface area contributed by atoms with Crippen LogP contribution in [0.4, 0.5) is 5.69 Å². The summed E-state index contributed by atoms with van der Waals surface area (Å²) in [5.41, 5.74) is 1.45. The molecule has 0 aliphatic rings. The van der Waals surface area contributed by atoms with Crippen molar-refractivity contribution in [3.05, 3.63) is 65.6 Å². The summed E-state index contributed by atoms with van der Waals surface area (Å²) in [5, 5.41) is 3.48. The Morgan fingerprint density at radius 2 is 1.96 bits per heavy atom. The van der Waals surface area contributed by atoms with Gasteiger partial charge in [-0.2, -0.15) is 0 Å². The molecule has 140 valence electrons. The number of rotatable bonds is 8. The Bertz CT molecular complexity index is 908. The minimum absolute atomic E-state index is 0.125. The zero-order valence-electron chi connectivity index (χ0n) is 15.1. The lowest BCUT2D eigenvalue weighted by molar-refractivity contribution is -0.116. The number of nitrogens with one attached hydrogen (secondary N) is 1. The Balaban J connectivity index is 1.58. The van der Waals surface area contributed by atoms with Gasteiger partial charge in [0.2, 0.25) is 5.91 Å². The standard InChI is InChI=1S/C21H21ClN2O3/c1-2-13-26-18-10-6-5-9-17(18)24-20(25)11-12-21-23-14-19(27-21)15-7-3-4-8-16(15)22/h3-10,14H,2,11-13H2,1H3,(H,24,25). The fraction of sp³-hybridized carbons (Fsp3) is 0.238. The average Bonchev–Trinajstić information content (AvgIpc) is 3.15. The molecule has 0 unspecified atom stereocenters. The Morgan fingerprint density at radius 1 is 1.19 bits per heavy atom. The maximum atomic E-state index is 12.3. The van der Waals surface area contributed by atoms with E-state index in [1.165, 1.54) is 0 Å². The molecule has 0 bridgehead atoms. The predicted molar refractivity (Wildman–Crippen MR) is 106 cm³/mol. The van der Waals surface area contributed by atoms with Gasteiger partial charge in [-0.05, 0) is 30.7 Å². The van der Waals surface area contributed by atoms with Crippen molar-refractivity contribution in [2.75, 3.05) is 11.9 Å². The summed E-state index contributed by atoms with van der Waals surface area (Å²) >= 11 is 6.17. The van der Waals surface area contributed by atoms with Crippen LogP contribution in [0.1, 0.15) is 25.7 Å². The van der Waals surface area contributed by atoms with Crippen LogP contribution in [0.25, 0.3) is 11.3 Å². The first kappa shape index (κ1) is 19.0. The van der Waals surface area contributed by atoms with Crippen LogP contribution in [0.5, 0.6) is 5.75 Å². The molecule has 1 aromatic heterocycles. The average molecular weight is 385 g/mol. The molecule has 1 amide bonds. The second kappa shape index (κ2) is 9.24. The van der Waals surface area contributed by atoms with E-state index in [-0.39, 0.29) is 12.3 Å². The minimum atomic E-state index is -0.125. The normalized spacial score (nSPS) is 10.6. The molecule has 1 N–H and O–H groups in total. The Kier molecular flexibility index (Phi) is 6.49. The molecule has 1 heterocycles. The highest BCUT2D eigenvalue weighted by molar-refractivity contribution is 6.33. The first-order valence-corrected chi connectivity index (χ1v) is 9.26. The largest absolute Gasteiger partial charge is 0.491 e. The van der Waals surface area contributed by atoms with Crippen molar-refractivity contribution < 1.29 is 13.9 Å². The van der Waals surface area contributed by atoms with Gasteiger partial charge >= 0.3 is 0 Å². The molecule has 0 saturated carbocycles. The highest BCUT2D eigenvalue weighted by Gasteiger charge is 2.12. The van der Waals surface area contributed by atoms with E-state index >= 15 is 0 Å². The first-order chi connectivity index (χ1) is 13.2. The summed E-state index contributed by atoms with van der Waals surface area (Å²) in [7, 11) is 0. The zero-order chi connectivity index (χ0) is 19.1. The quantitative estimate of drug-likeness (QED) is 0.568. The van der Waals surface area contributed by atoms with Crippen LogP contribution in [0.15, 0.2) is 59.1 Å². The monoisotopic (exact) mass is 384 g/mol. The first-order valence-electron chi connectivity index (χ1n) is 8.88. The van der Waals surface area contributed by atoms with E-state index in [1.54, 1.807) is 12.3 Å². The molecule has 0 spiro atoms. The highest BCUT2D eigenvalue weighted by Crippen LogP contribution is 2.28. The van der Waals surface area contributed by atoms with Gasteiger partial charge in [-0.1, -0.05) is 42.8 Å². The molecule has 0 radical (unpaired) electrons. The third-order valence-corrected chi connectivity index (χ3v) is 4.21. The van der Waals surface area contributed by atoms with Gasteiger partial charge in [-0.15, -0.1) is 0 Å². The molecular formula is C21H21ClN2O3. The summed E-state index contributed by atoms with van der Waals surface area (Å²) < 4.78 is 11.4. The maximum Gasteiger partial charge on any atom is 0.224 e. The Morgan fingerprint density at radius 3 is 2.78 bits per heavy atom. The van der Waals surface area contributed by atoms with E-state index < -0.39 is 0 Å². The van der Waals surface area contributed by atoms with Crippen LogP contribution in [-0.4, -0.2) is 17.5 Å². The molecular weight excluding hydrogens is 364 g/mol. The van der Waals surface area contributed by atoms with E-state index in [9.17, 15) is 4.79 Å². The molecule has 3 aromatic rings. The summed E-state index contributed by atoms with van der Waals surface area (Å²) in [4.78, 5) is 16.5. The van der Waals surface area contributed by atoms with E-state index in [0.717, 1.165) is 12.0 Å². The molecule has 0 saturated heterocycles. The number of carbonyl (C=O) groups is 1. The van der Waals surface area contributed by atoms with Crippen molar-refractivity contribution in [2.45, 2.75) is 26.2 Å². The van der Waals surface area contributed by atoms with Gasteiger partial charge < -0.3 is 14.5 Å². The van der Waals surface area contributed by atoms with Crippen molar-refractivity contribution in [1.82, 2.24) is 4.98 Å². The van der Waals surface area contributed by atoms with Gasteiger partial charge in [-0.25, -0.2) is 4.98 Å². The number of ether oxygens (including phenoxy) is 1. The molecule has 0 fully saturated rings. The van der Waals surface area contributed by atoms with Crippen molar-refractivity contribution in [1.29, 1.82) is 0 Å². The van der Waals surface area contributed by atoms with Crippen LogP contribution >= 0.6 is 11.6 Å². The van der Waals surface area contributed by atoms with Crippen molar-refractivity contribution >= 4 is 23.2 Å². The summed E-state index contributed by atoms with van der Waals surface area (Å²) in [5.74, 6) is 1.63. The van der Waals surface area contributed by atoms with E-state index in [0.29, 0.717) is 41.1 Å². The number of para-hydroxylation sites is 2. The lowest BCUT2D eigenvalue weighted by Crippen LogP contribution is -2.13. The van der Waals surface area contributed by atoms with Crippen LogP contribution in [-0.2, 0) is 11.2 Å². The molecule has 0 atom stereocenters. The molecule has 5 nitrogen and oxygen atoms in total. The third-order valence-electron chi connectivity index (χ3n) is 3.88. The second-order valence-electron chi connectivity index (χ2n) is 5.99. The molecule has 2 aromatic carbocycles. The number of benzene rings is 2. The van der Waals surface area contributed by atoms with Crippen molar-refractivity contribution in [2.24, 2.45) is 0 Å². The SMILES string of the molecule is CCCOc1ccccc1NC(=O)CCc1ncc(-c2ccccc2Cl)o1. The maximum absolute atomic E-state index is 12.3. The van der Waals surface area contributed by atoms with Gasteiger partial charge in [0, 0.05) is 18.4 Å². The van der Waals surface area contributed by atoms with E-state index in [4.69, 9.17) is 20.8 Å². The highest BCUT2D eigenvalue weighted by atomic mass is 35.5. The number of hydrogen-bond donors (Lipinski definition) is 1. The lowest BCUT2D eigenvalue weighted by atomic mass is 10.2. The van der Waals surface area contributed by atoms with E-state index in [2.05, 4.69) is 10.3 Å².